The molecule has 4 aromatic heterocycles. The van der Waals surface area contributed by atoms with Gasteiger partial charge in [0.2, 0.25) is 23.4 Å². The number of carbonyl (C=O) groups is 2. The van der Waals surface area contributed by atoms with E-state index < -0.39 is 11.9 Å². The lowest BCUT2D eigenvalue weighted by Crippen LogP contribution is -2.08. The molecule has 53 heavy (non-hydrogen) atoms. The third-order valence-electron chi connectivity index (χ3n) is 7.71. The molecule has 0 atom stereocenters. The number of benzene rings is 3. The zero-order chi connectivity index (χ0) is 36.6. The van der Waals surface area contributed by atoms with Gasteiger partial charge in [-0.1, -0.05) is 63.6 Å². The summed E-state index contributed by atoms with van der Waals surface area (Å²) >= 11 is 0. The van der Waals surface area contributed by atoms with Gasteiger partial charge in [-0.3, -0.25) is 4.79 Å². The molecule has 266 valence electrons. The van der Waals surface area contributed by atoms with Crippen molar-refractivity contribution in [2.45, 2.75) is 32.6 Å². The SMILES string of the molecule is C=CC(=O)OCCCCOC(=O)CCc1nc(-c2cccc(-c3noc(-c4cccc(-c5noc(-c6cccc(-c7nc(C)no7)c6)n5)c4)n3)c2)no1. The Bertz CT molecular complexity index is 2370. The molecule has 4 heterocycles. The van der Waals surface area contributed by atoms with Crippen molar-refractivity contribution in [2.75, 3.05) is 13.2 Å². The highest BCUT2D eigenvalue weighted by atomic mass is 16.5. The van der Waals surface area contributed by atoms with Crippen LogP contribution in [0.25, 0.3) is 68.5 Å². The smallest absolute Gasteiger partial charge is 0.330 e. The van der Waals surface area contributed by atoms with Crippen LogP contribution in [0, 0.1) is 6.92 Å². The lowest BCUT2D eigenvalue weighted by Gasteiger charge is -2.04. The maximum absolute atomic E-state index is 12.1. The first-order valence-electron chi connectivity index (χ1n) is 16.5. The van der Waals surface area contributed by atoms with Gasteiger partial charge in [-0.2, -0.15) is 19.9 Å². The molecule has 0 aliphatic heterocycles. The Balaban J connectivity index is 0.968. The predicted molar refractivity (Wildman–Crippen MR) is 185 cm³/mol. The third kappa shape index (κ3) is 8.45. The molecular weight excluding hydrogens is 684 g/mol. The maximum atomic E-state index is 12.1. The quantitative estimate of drug-likeness (QED) is 0.0629. The summed E-state index contributed by atoms with van der Waals surface area (Å²) in [5, 5.41) is 16.3. The van der Waals surface area contributed by atoms with Crippen molar-refractivity contribution in [3.05, 3.63) is 97.2 Å². The zero-order valence-corrected chi connectivity index (χ0v) is 28.3. The van der Waals surface area contributed by atoms with Crippen LogP contribution >= 0.6 is 0 Å². The minimum atomic E-state index is -0.482. The molecule has 0 N–H and O–H groups in total. The number of esters is 2. The molecular formula is C37H30N8O8. The van der Waals surface area contributed by atoms with Crippen molar-refractivity contribution in [1.82, 2.24) is 40.6 Å². The Morgan fingerprint density at radius 1 is 0.623 bits per heavy atom. The van der Waals surface area contributed by atoms with Crippen molar-refractivity contribution >= 4 is 11.9 Å². The van der Waals surface area contributed by atoms with Gasteiger partial charge in [-0.25, -0.2) is 4.79 Å². The zero-order valence-electron chi connectivity index (χ0n) is 28.3. The highest BCUT2D eigenvalue weighted by molar-refractivity contribution is 5.81. The molecule has 0 fully saturated rings. The number of carbonyl (C=O) groups excluding carboxylic acids is 2. The molecule has 0 amide bonds. The Hall–Kier alpha value is -7.10. The number of aryl methyl sites for hydroxylation is 2. The molecule has 7 rings (SSSR count). The minimum absolute atomic E-state index is 0.0734. The van der Waals surface area contributed by atoms with Crippen LogP contribution in [0.5, 0.6) is 0 Å². The lowest BCUT2D eigenvalue weighted by atomic mass is 10.1. The molecule has 0 unspecified atom stereocenters. The van der Waals surface area contributed by atoms with Gasteiger partial charge >= 0.3 is 11.9 Å². The molecule has 0 saturated heterocycles. The second-order valence-electron chi connectivity index (χ2n) is 11.5. The van der Waals surface area contributed by atoms with Crippen LogP contribution in [0.1, 0.15) is 31.0 Å². The first-order valence-corrected chi connectivity index (χ1v) is 16.5. The van der Waals surface area contributed by atoms with Gasteiger partial charge in [-0.05, 0) is 56.2 Å². The molecule has 3 aromatic carbocycles. The second-order valence-corrected chi connectivity index (χ2v) is 11.5. The minimum Gasteiger partial charge on any atom is -0.466 e. The number of aromatic nitrogens is 8. The van der Waals surface area contributed by atoms with E-state index in [1.54, 1.807) is 6.92 Å². The van der Waals surface area contributed by atoms with E-state index in [9.17, 15) is 9.59 Å². The van der Waals surface area contributed by atoms with Gasteiger partial charge in [0.05, 0.1) is 19.6 Å². The van der Waals surface area contributed by atoms with E-state index in [0.717, 1.165) is 11.6 Å². The summed E-state index contributed by atoms with van der Waals surface area (Å²) in [6.07, 6.45) is 2.53. The molecule has 0 aliphatic rings. The first-order chi connectivity index (χ1) is 25.9. The van der Waals surface area contributed by atoms with E-state index in [1.807, 2.05) is 72.8 Å². The topological polar surface area (TPSA) is 208 Å². The van der Waals surface area contributed by atoms with Crippen LogP contribution < -0.4 is 0 Å². The summed E-state index contributed by atoms with van der Waals surface area (Å²) in [5.41, 5.74) is 4.11. The van der Waals surface area contributed by atoms with Crippen molar-refractivity contribution < 1.29 is 37.2 Å². The van der Waals surface area contributed by atoms with Crippen LogP contribution in [0.3, 0.4) is 0 Å². The summed E-state index contributed by atoms with van der Waals surface area (Å²) in [4.78, 5) is 41.1. The number of hydrogen-bond donors (Lipinski definition) is 0. The summed E-state index contributed by atoms with van der Waals surface area (Å²) in [6, 6.07) is 22.1. The number of ether oxygens (including phenoxy) is 2. The first kappa shape index (κ1) is 34.4. The third-order valence-corrected chi connectivity index (χ3v) is 7.71. The highest BCUT2D eigenvalue weighted by Crippen LogP contribution is 2.30. The van der Waals surface area contributed by atoms with Crippen LogP contribution in [0.2, 0.25) is 0 Å². The van der Waals surface area contributed by atoms with E-state index >= 15 is 0 Å². The highest BCUT2D eigenvalue weighted by Gasteiger charge is 2.18. The average molecular weight is 715 g/mol. The fourth-order valence-corrected chi connectivity index (χ4v) is 5.08. The van der Waals surface area contributed by atoms with Gasteiger partial charge in [0.15, 0.2) is 5.82 Å². The van der Waals surface area contributed by atoms with Crippen molar-refractivity contribution in [1.29, 1.82) is 0 Å². The molecule has 0 radical (unpaired) electrons. The Kier molecular flexibility index (Phi) is 10.3. The molecule has 16 heteroatoms. The Labute approximate surface area is 300 Å². The standard InChI is InChI=1S/C37H30N8O8/c1-3-30(46)48-17-4-5-18-49-31(47)16-15-29-39-32(43-50-29)23-9-6-10-24(19-23)33-40-36(52-44-33)26-12-7-11-25(20-26)34-41-37(53-45-34)28-14-8-13-27(21-28)35-38-22(2)42-51-35/h3,6-14,19-21H,1,4-5,15-18H2,2H3. The van der Waals surface area contributed by atoms with Gasteiger partial charge in [0.1, 0.15) is 0 Å². The average Bonchev–Trinajstić information content (AvgIpc) is 4.03. The van der Waals surface area contributed by atoms with E-state index in [-0.39, 0.29) is 26.1 Å². The normalized spacial score (nSPS) is 11.0. The van der Waals surface area contributed by atoms with Crippen molar-refractivity contribution in [3.8, 4) is 68.5 Å². The predicted octanol–water partition coefficient (Wildman–Crippen LogP) is 6.51. The Morgan fingerprint density at radius 3 is 1.66 bits per heavy atom. The van der Waals surface area contributed by atoms with E-state index in [1.165, 1.54) is 0 Å². The molecule has 7 aromatic rings. The van der Waals surface area contributed by atoms with E-state index in [2.05, 4.69) is 47.1 Å². The number of unbranched alkanes of at least 4 members (excludes halogenated alkanes) is 1. The Morgan fingerprint density at radius 2 is 1.09 bits per heavy atom. The molecule has 0 bridgehead atoms. The summed E-state index contributed by atoms with van der Waals surface area (Å²) < 4.78 is 32.0. The van der Waals surface area contributed by atoms with Crippen molar-refractivity contribution in [3.63, 3.8) is 0 Å². The largest absolute Gasteiger partial charge is 0.466 e. The maximum Gasteiger partial charge on any atom is 0.330 e. The monoisotopic (exact) mass is 714 g/mol. The van der Waals surface area contributed by atoms with Crippen LogP contribution in [-0.2, 0) is 25.5 Å². The molecule has 0 saturated carbocycles. The van der Waals surface area contributed by atoms with Gasteiger partial charge in [0, 0.05) is 45.9 Å². The van der Waals surface area contributed by atoms with E-state index in [4.69, 9.17) is 27.6 Å². The fraction of sp³-hybridized carbons (Fsp3) is 0.189. The number of hydrogen-bond acceptors (Lipinski definition) is 16. The lowest BCUT2D eigenvalue weighted by molar-refractivity contribution is -0.144. The number of nitrogens with zero attached hydrogens (tertiary/aromatic N) is 8. The van der Waals surface area contributed by atoms with E-state index in [0.29, 0.717) is 87.5 Å². The number of rotatable bonds is 15. The summed E-state index contributed by atoms with van der Waals surface area (Å²) in [7, 11) is 0. The van der Waals surface area contributed by atoms with Gasteiger partial charge in [-0.15, -0.1) is 0 Å². The van der Waals surface area contributed by atoms with Gasteiger partial charge < -0.3 is 27.6 Å². The molecule has 16 nitrogen and oxygen atoms in total. The van der Waals surface area contributed by atoms with Crippen LogP contribution in [-0.4, -0.2) is 65.7 Å². The van der Waals surface area contributed by atoms with Crippen LogP contribution in [0.15, 0.2) is 104 Å². The molecule has 0 spiro atoms. The second kappa shape index (κ2) is 15.8. The van der Waals surface area contributed by atoms with Gasteiger partial charge in [0.25, 0.3) is 17.7 Å². The fourth-order valence-electron chi connectivity index (χ4n) is 5.08. The summed E-state index contributed by atoms with van der Waals surface area (Å²) in [5.74, 6) is 2.06. The van der Waals surface area contributed by atoms with Crippen molar-refractivity contribution in [2.24, 2.45) is 0 Å². The molecule has 0 aliphatic carbocycles. The van der Waals surface area contributed by atoms with Crippen LogP contribution in [0.4, 0.5) is 0 Å². The summed E-state index contributed by atoms with van der Waals surface area (Å²) in [6.45, 7) is 5.54.